The van der Waals surface area contributed by atoms with Crippen LogP contribution in [0.2, 0.25) is 0 Å². The second-order valence-corrected chi connectivity index (χ2v) is 3.04. The summed E-state index contributed by atoms with van der Waals surface area (Å²) in [5.41, 5.74) is 0.215. The van der Waals surface area contributed by atoms with Gasteiger partial charge < -0.3 is 14.7 Å². The van der Waals surface area contributed by atoms with Gasteiger partial charge in [0.15, 0.2) is 0 Å². The molecule has 1 aromatic rings. The van der Waals surface area contributed by atoms with Crippen LogP contribution in [0.3, 0.4) is 0 Å². The van der Waals surface area contributed by atoms with Crippen molar-refractivity contribution in [1.29, 1.82) is 0 Å². The van der Waals surface area contributed by atoms with Gasteiger partial charge in [-0.3, -0.25) is 5.10 Å². The minimum Gasteiger partial charge on any atom is -0.477 e. The minimum absolute atomic E-state index is 0.215. The fraction of sp³-hybridized carbons (Fsp3) is 0.500. The third-order valence-corrected chi connectivity index (χ3v) is 2.18. The number of rotatable bonds is 2. The van der Waals surface area contributed by atoms with Crippen LogP contribution in [0.25, 0.3) is 0 Å². The van der Waals surface area contributed by atoms with E-state index in [0.717, 1.165) is 0 Å². The number of hydrogen-bond donors (Lipinski definition) is 2. The van der Waals surface area contributed by atoms with Gasteiger partial charge >= 0.3 is 5.97 Å². The summed E-state index contributed by atoms with van der Waals surface area (Å²) < 4.78 is 5.17. The summed E-state index contributed by atoms with van der Waals surface area (Å²) in [7, 11) is 0. The van der Waals surface area contributed by atoms with E-state index < -0.39 is 5.97 Å². The van der Waals surface area contributed by atoms with E-state index in [2.05, 4.69) is 10.2 Å². The van der Waals surface area contributed by atoms with E-state index in [9.17, 15) is 4.79 Å². The molecule has 14 heavy (non-hydrogen) atoms. The molecule has 0 aliphatic carbocycles. The lowest BCUT2D eigenvalue weighted by molar-refractivity contribution is 0.0696. The summed E-state index contributed by atoms with van der Waals surface area (Å²) in [6.45, 7) is 2.64. The molecule has 0 amide bonds. The Balaban J connectivity index is 2.21. The zero-order valence-electron chi connectivity index (χ0n) is 7.56. The average molecular weight is 197 g/mol. The Labute approximate surface area is 80.5 Å². The zero-order chi connectivity index (χ0) is 9.97. The monoisotopic (exact) mass is 197 g/mol. The maximum atomic E-state index is 10.8. The van der Waals surface area contributed by atoms with Gasteiger partial charge in [0.05, 0.1) is 19.4 Å². The van der Waals surface area contributed by atoms with E-state index in [1.54, 1.807) is 0 Å². The summed E-state index contributed by atoms with van der Waals surface area (Å²) in [5.74, 6) is -0.388. The molecule has 2 rings (SSSR count). The molecule has 1 aromatic heterocycles. The third-order valence-electron chi connectivity index (χ3n) is 2.18. The lowest BCUT2D eigenvalue weighted by Gasteiger charge is -2.27. The highest BCUT2D eigenvalue weighted by molar-refractivity contribution is 5.93. The number of morpholine rings is 1. The van der Waals surface area contributed by atoms with E-state index in [-0.39, 0.29) is 5.56 Å². The molecule has 0 radical (unpaired) electrons. The van der Waals surface area contributed by atoms with Gasteiger partial charge in [0.2, 0.25) is 0 Å². The maximum absolute atomic E-state index is 10.8. The Morgan fingerprint density at radius 2 is 2.29 bits per heavy atom. The molecule has 6 nitrogen and oxygen atoms in total. The maximum Gasteiger partial charge on any atom is 0.341 e. The van der Waals surface area contributed by atoms with Crippen LogP contribution in [0, 0.1) is 0 Å². The fourth-order valence-electron chi connectivity index (χ4n) is 1.46. The van der Waals surface area contributed by atoms with Gasteiger partial charge in [-0.15, -0.1) is 0 Å². The predicted molar refractivity (Wildman–Crippen MR) is 48.6 cm³/mol. The highest BCUT2D eigenvalue weighted by Gasteiger charge is 2.19. The molecule has 2 N–H and O–H groups in total. The van der Waals surface area contributed by atoms with Crippen molar-refractivity contribution in [1.82, 2.24) is 10.2 Å². The topological polar surface area (TPSA) is 78.4 Å². The van der Waals surface area contributed by atoms with Crippen LogP contribution in [0.15, 0.2) is 6.20 Å². The number of aromatic nitrogens is 2. The third kappa shape index (κ3) is 1.56. The SMILES string of the molecule is O=C(O)c1cn[nH]c1N1CCOCC1. The van der Waals surface area contributed by atoms with Crippen molar-refractivity contribution < 1.29 is 14.6 Å². The molecule has 6 heteroatoms. The molecule has 0 atom stereocenters. The van der Waals surface area contributed by atoms with Crippen molar-refractivity contribution in [2.24, 2.45) is 0 Å². The first-order valence-corrected chi connectivity index (χ1v) is 4.38. The summed E-state index contributed by atoms with van der Waals surface area (Å²) in [6, 6.07) is 0. The van der Waals surface area contributed by atoms with Crippen LogP contribution < -0.4 is 4.90 Å². The molecule has 0 aromatic carbocycles. The van der Waals surface area contributed by atoms with Crippen molar-refractivity contribution in [3.63, 3.8) is 0 Å². The molecule has 0 bridgehead atoms. The highest BCUT2D eigenvalue weighted by Crippen LogP contribution is 2.17. The molecule has 0 unspecified atom stereocenters. The molecule has 2 heterocycles. The summed E-state index contributed by atoms with van der Waals surface area (Å²) in [6.07, 6.45) is 1.33. The van der Waals surface area contributed by atoms with E-state index >= 15 is 0 Å². The first-order valence-electron chi connectivity index (χ1n) is 4.38. The number of aromatic amines is 1. The number of carboxylic acid groups (broad SMARTS) is 1. The predicted octanol–water partition coefficient (Wildman–Crippen LogP) is -0.0555. The van der Waals surface area contributed by atoms with Gasteiger partial charge in [0, 0.05) is 13.1 Å². The number of hydrogen-bond acceptors (Lipinski definition) is 4. The van der Waals surface area contributed by atoms with E-state index in [1.165, 1.54) is 6.20 Å². The first-order chi connectivity index (χ1) is 6.79. The number of carboxylic acids is 1. The Morgan fingerprint density at radius 1 is 1.57 bits per heavy atom. The van der Waals surface area contributed by atoms with Gasteiger partial charge in [0.1, 0.15) is 11.4 Å². The van der Waals surface area contributed by atoms with Crippen LogP contribution in [0.5, 0.6) is 0 Å². The molecule has 76 valence electrons. The van der Waals surface area contributed by atoms with E-state index in [1.807, 2.05) is 4.90 Å². The number of nitrogens with one attached hydrogen (secondary N) is 1. The number of H-pyrrole nitrogens is 1. The van der Waals surface area contributed by atoms with Crippen molar-refractivity contribution >= 4 is 11.8 Å². The van der Waals surface area contributed by atoms with Crippen molar-refractivity contribution in [2.45, 2.75) is 0 Å². The average Bonchev–Trinajstić information content (AvgIpc) is 2.67. The zero-order valence-corrected chi connectivity index (χ0v) is 7.56. The number of ether oxygens (including phenoxy) is 1. The van der Waals surface area contributed by atoms with Crippen LogP contribution in [-0.4, -0.2) is 47.6 Å². The standard InChI is InChI=1S/C8H11N3O3/c12-8(13)6-5-9-10-7(6)11-1-3-14-4-2-11/h5H,1-4H2,(H,9,10)(H,12,13). The van der Waals surface area contributed by atoms with Gasteiger partial charge in [-0.1, -0.05) is 0 Å². The van der Waals surface area contributed by atoms with Crippen molar-refractivity contribution in [2.75, 3.05) is 31.2 Å². The Hall–Kier alpha value is -1.56. The fourth-order valence-corrected chi connectivity index (χ4v) is 1.46. The molecule has 1 fully saturated rings. The number of aromatic carboxylic acids is 1. The Morgan fingerprint density at radius 3 is 2.93 bits per heavy atom. The van der Waals surface area contributed by atoms with E-state index in [4.69, 9.17) is 9.84 Å². The summed E-state index contributed by atoms with van der Waals surface area (Å²) >= 11 is 0. The van der Waals surface area contributed by atoms with Crippen LogP contribution in [0.1, 0.15) is 10.4 Å². The molecule has 1 aliphatic rings. The highest BCUT2D eigenvalue weighted by atomic mass is 16.5. The lowest BCUT2D eigenvalue weighted by atomic mass is 10.3. The molecular weight excluding hydrogens is 186 g/mol. The smallest absolute Gasteiger partial charge is 0.341 e. The number of nitrogens with zero attached hydrogens (tertiary/aromatic N) is 2. The normalized spacial score (nSPS) is 17.0. The van der Waals surface area contributed by atoms with Gasteiger partial charge in [-0.25, -0.2) is 4.79 Å². The van der Waals surface area contributed by atoms with Gasteiger partial charge in [-0.05, 0) is 0 Å². The number of anilines is 1. The number of carbonyl (C=O) groups is 1. The largest absolute Gasteiger partial charge is 0.477 e. The Kier molecular flexibility index (Phi) is 2.36. The van der Waals surface area contributed by atoms with Gasteiger partial charge in [-0.2, -0.15) is 5.10 Å². The molecular formula is C8H11N3O3. The summed E-state index contributed by atoms with van der Waals surface area (Å²) in [5, 5.41) is 15.3. The lowest BCUT2D eigenvalue weighted by Crippen LogP contribution is -2.37. The second-order valence-electron chi connectivity index (χ2n) is 3.04. The molecule has 1 aliphatic heterocycles. The Bertz CT molecular complexity index is 330. The second kappa shape index (κ2) is 3.67. The minimum atomic E-state index is -0.958. The van der Waals surface area contributed by atoms with Crippen molar-refractivity contribution in [3.05, 3.63) is 11.8 Å². The van der Waals surface area contributed by atoms with E-state index in [0.29, 0.717) is 32.1 Å². The summed E-state index contributed by atoms with van der Waals surface area (Å²) in [4.78, 5) is 12.7. The van der Waals surface area contributed by atoms with Crippen LogP contribution >= 0.6 is 0 Å². The van der Waals surface area contributed by atoms with Crippen LogP contribution in [0.4, 0.5) is 5.82 Å². The van der Waals surface area contributed by atoms with Crippen LogP contribution in [-0.2, 0) is 4.74 Å². The van der Waals surface area contributed by atoms with Gasteiger partial charge in [0.25, 0.3) is 0 Å². The van der Waals surface area contributed by atoms with Crippen molar-refractivity contribution in [3.8, 4) is 0 Å². The first kappa shape index (κ1) is 9.01. The molecule has 0 saturated carbocycles. The quantitative estimate of drug-likeness (QED) is 0.694. The molecule has 1 saturated heterocycles. The molecule has 0 spiro atoms.